The summed E-state index contributed by atoms with van der Waals surface area (Å²) in [6, 6.07) is 10.3. The lowest BCUT2D eigenvalue weighted by molar-refractivity contribution is -0.142. The van der Waals surface area contributed by atoms with Gasteiger partial charge in [0.25, 0.3) is 0 Å². The molecule has 1 N–H and O–H groups in total. The average molecular weight is 365 g/mol. The maximum absolute atomic E-state index is 13.4. The zero-order valence-corrected chi connectivity index (χ0v) is 15.2. The van der Waals surface area contributed by atoms with Gasteiger partial charge in [-0.2, -0.15) is 0 Å². The quantitative estimate of drug-likeness (QED) is 0.786. The van der Waals surface area contributed by atoms with Crippen molar-refractivity contribution >= 4 is 12.0 Å². The molecule has 2 fully saturated rings. The number of allylic oxidation sites excluding steroid dienone is 1. The lowest BCUT2D eigenvalue weighted by Crippen LogP contribution is -2.22. The minimum absolute atomic E-state index is 0.0949. The molecule has 0 aliphatic heterocycles. The predicted molar refractivity (Wildman–Crippen MR) is 103 cm³/mol. The Balaban J connectivity index is 1.52. The third-order valence-electron chi connectivity index (χ3n) is 6.23. The molecular formula is C23H24FNO2. The third-order valence-corrected chi connectivity index (χ3v) is 6.23. The summed E-state index contributed by atoms with van der Waals surface area (Å²) < 4.78 is 13.4. The molecule has 4 unspecified atom stereocenters. The summed E-state index contributed by atoms with van der Waals surface area (Å²) >= 11 is 0. The fourth-order valence-electron chi connectivity index (χ4n) is 4.91. The van der Waals surface area contributed by atoms with Crippen LogP contribution in [0.1, 0.15) is 37.8 Å². The van der Waals surface area contributed by atoms with E-state index >= 15 is 0 Å². The van der Waals surface area contributed by atoms with E-state index in [0.717, 1.165) is 29.7 Å². The molecule has 0 radical (unpaired) electrons. The van der Waals surface area contributed by atoms with Gasteiger partial charge in [0.1, 0.15) is 5.82 Å². The molecule has 2 aliphatic rings. The molecule has 2 saturated carbocycles. The second kappa shape index (κ2) is 7.63. The van der Waals surface area contributed by atoms with Crippen LogP contribution in [0.5, 0.6) is 0 Å². The topological polar surface area (TPSA) is 50.2 Å². The highest BCUT2D eigenvalue weighted by molar-refractivity contribution is 5.72. The number of carbonyl (C=O) groups is 1. The summed E-state index contributed by atoms with van der Waals surface area (Å²) in [6.45, 7) is 0. The summed E-state index contributed by atoms with van der Waals surface area (Å²) in [7, 11) is 0. The van der Waals surface area contributed by atoms with Gasteiger partial charge in [0.15, 0.2) is 0 Å². The van der Waals surface area contributed by atoms with Crippen molar-refractivity contribution in [1.82, 2.24) is 4.98 Å². The van der Waals surface area contributed by atoms with E-state index in [9.17, 15) is 14.3 Å². The molecule has 4 heteroatoms. The predicted octanol–water partition coefficient (Wildman–Crippen LogP) is 5.43. The Labute approximate surface area is 159 Å². The van der Waals surface area contributed by atoms with Crippen LogP contribution in [0.3, 0.4) is 0 Å². The van der Waals surface area contributed by atoms with Crippen LogP contribution in [-0.4, -0.2) is 16.1 Å². The number of rotatable bonds is 4. The summed E-state index contributed by atoms with van der Waals surface area (Å²) in [4.78, 5) is 16.2. The Bertz CT molecular complexity index is 846. The molecule has 0 bridgehead atoms. The average Bonchev–Trinajstić information content (AvgIpc) is 3.06. The lowest BCUT2D eigenvalue weighted by Gasteiger charge is -2.28. The first-order valence-corrected chi connectivity index (χ1v) is 9.75. The molecule has 2 aliphatic carbocycles. The van der Waals surface area contributed by atoms with E-state index in [-0.39, 0.29) is 17.7 Å². The first-order valence-electron chi connectivity index (χ1n) is 9.75. The summed E-state index contributed by atoms with van der Waals surface area (Å²) in [6.07, 6.45) is 11.3. The van der Waals surface area contributed by atoms with Gasteiger partial charge in [0, 0.05) is 11.8 Å². The molecule has 1 heterocycles. The number of nitrogens with zero attached hydrogens (tertiary/aromatic N) is 1. The Morgan fingerprint density at radius 3 is 2.74 bits per heavy atom. The van der Waals surface area contributed by atoms with E-state index < -0.39 is 5.97 Å². The number of aromatic nitrogens is 1. The fourth-order valence-corrected chi connectivity index (χ4v) is 4.91. The maximum atomic E-state index is 13.4. The number of hydrogen-bond acceptors (Lipinski definition) is 2. The van der Waals surface area contributed by atoms with Crippen LogP contribution >= 0.6 is 0 Å². The van der Waals surface area contributed by atoms with Gasteiger partial charge in [-0.15, -0.1) is 0 Å². The van der Waals surface area contributed by atoms with Crippen molar-refractivity contribution in [2.45, 2.75) is 32.1 Å². The van der Waals surface area contributed by atoms with Gasteiger partial charge in [-0.1, -0.05) is 43.5 Å². The minimum atomic E-state index is -0.673. The van der Waals surface area contributed by atoms with E-state index in [4.69, 9.17) is 0 Å². The van der Waals surface area contributed by atoms with Crippen molar-refractivity contribution in [2.75, 3.05) is 0 Å². The summed E-state index contributed by atoms with van der Waals surface area (Å²) in [5.74, 6) is -0.0770. The maximum Gasteiger partial charge on any atom is 0.307 e. The second-order valence-electron chi connectivity index (χ2n) is 7.81. The van der Waals surface area contributed by atoms with Crippen LogP contribution in [-0.2, 0) is 4.79 Å². The Hall–Kier alpha value is -2.49. The van der Waals surface area contributed by atoms with E-state index in [1.54, 1.807) is 12.3 Å². The standard InChI is InChI=1S/C23H24FNO2/c24-18-6-3-5-15(12-18)17-8-9-19(25-14-17)10-11-21-20-7-2-1-4-16(20)13-22(21)23(26)27/h3,5-6,8-12,14,16,20-22H,1-2,4,7,13H2,(H,26,27). The van der Waals surface area contributed by atoms with Gasteiger partial charge >= 0.3 is 5.97 Å². The highest BCUT2D eigenvalue weighted by Crippen LogP contribution is 2.49. The molecule has 2 aromatic rings. The fraction of sp³-hybridized carbons (Fsp3) is 0.391. The summed E-state index contributed by atoms with van der Waals surface area (Å²) in [5.41, 5.74) is 2.46. The van der Waals surface area contributed by atoms with Crippen LogP contribution in [0, 0.1) is 29.5 Å². The molecule has 1 aromatic carbocycles. The van der Waals surface area contributed by atoms with Crippen LogP contribution < -0.4 is 0 Å². The number of benzene rings is 1. The van der Waals surface area contributed by atoms with Crippen LogP contribution in [0.4, 0.5) is 4.39 Å². The van der Waals surface area contributed by atoms with Crippen molar-refractivity contribution in [3.05, 3.63) is 60.2 Å². The monoisotopic (exact) mass is 365 g/mol. The Kier molecular flexibility index (Phi) is 5.06. The number of aliphatic carboxylic acids is 1. The van der Waals surface area contributed by atoms with Crippen LogP contribution in [0.2, 0.25) is 0 Å². The molecule has 1 aromatic heterocycles. The van der Waals surface area contributed by atoms with Gasteiger partial charge in [0.05, 0.1) is 11.6 Å². The molecule has 0 saturated heterocycles. The van der Waals surface area contributed by atoms with E-state index in [0.29, 0.717) is 11.8 Å². The Morgan fingerprint density at radius 2 is 2.00 bits per heavy atom. The van der Waals surface area contributed by atoms with Crippen molar-refractivity contribution in [3.63, 3.8) is 0 Å². The zero-order chi connectivity index (χ0) is 18.8. The van der Waals surface area contributed by atoms with E-state index in [1.807, 2.05) is 24.3 Å². The smallest absolute Gasteiger partial charge is 0.307 e. The van der Waals surface area contributed by atoms with Crippen LogP contribution in [0.15, 0.2) is 48.7 Å². The number of carboxylic acid groups (broad SMARTS) is 1. The lowest BCUT2D eigenvalue weighted by atomic mass is 9.77. The number of carboxylic acids is 1. The highest BCUT2D eigenvalue weighted by Gasteiger charge is 2.45. The third kappa shape index (κ3) is 3.80. The SMILES string of the molecule is O=C(O)C1CC2CCCCC2C1C=Cc1ccc(-c2cccc(F)c2)cn1. The van der Waals surface area contributed by atoms with Gasteiger partial charge in [-0.3, -0.25) is 9.78 Å². The van der Waals surface area contributed by atoms with E-state index in [1.165, 1.54) is 31.4 Å². The van der Waals surface area contributed by atoms with Gasteiger partial charge < -0.3 is 5.11 Å². The first-order chi connectivity index (χ1) is 13.1. The molecular weight excluding hydrogens is 341 g/mol. The number of halogens is 1. The van der Waals surface area contributed by atoms with Gasteiger partial charge in [-0.05, 0) is 60.4 Å². The van der Waals surface area contributed by atoms with Gasteiger partial charge in [-0.25, -0.2) is 4.39 Å². The van der Waals surface area contributed by atoms with Crippen molar-refractivity contribution in [3.8, 4) is 11.1 Å². The first kappa shape index (κ1) is 17.9. The largest absolute Gasteiger partial charge is 0.481 e. The molecule has 0 amide bonds. The van der Waals surface area contributed by atoms with E-state index in [2.05, 4.69) is 11.1 Å². The molecule has 3 nitrogen and oxygen atoms in total. The second-order valence-corrected chi connectivity index (χ2v) is 7.81. The molecule has 27 heavy (non-hydrogen) atoms. The minimum Gasteiger partial charge on any atom is -0.481 e. The molecule has 140 valence electrons. The van der Waals surface area contributed by atoms with Crippen LogP contribution in [0.25, 0.3) is 17.2 Å². The Morgan fingerprint density at radius 1 is 1.15 bits per heavy atom. The highest BCUT2D eigenvalue weighted by atomic mass is 19.1. The van der Waals surface area contributed by atoms with Crippen molar-refractivity contribution in [2.24, 2.45) is 23.7 Å². The molecule has 4 rings (SSSR count). The van der Waals surface area contributed by atoms with Crippen molar-refractivity contribution in [1.29, 1.82) is 0 Å². The molecule has 0 spiro atoms. The number of hydrogen-bond donors (Lipinski definition) is 1. The van der Waals surface area contributed by atoms with Crippen molar-refractivity contribution < 1.29 is 14.3 Å². The van der Waals surface area contributed by atoms with Gasteiger partial charge in [0.2, 0.25) is 0 Å². The number of pyridine rings is 1. The zero-order valence-electron chi connectivity index (χ0n) is 15.2. The number of fused-ring (bicyclic) bond motifs is 1. The summed E-state index contributed by atoms with van der Waals surface area (Å²) in [5, 5.41) is 9.63. The molecule has 4 atom stereocenters. The normalized spacial score (nSPS) is 27.6.